The summed E-state index contributed by atoms with van der Waals surface area (Å²) >= 11 is 7.97. The van der Waals surface area contributed by atoms with Gasteiger partial charge in [0.1, 0.15) is 0 Å². The van der Waals surface area contributed by atoms with Crippen molar-refractivity contribution in [1.82, 2.24) is 5.32 Å². The Morgan fingerprint density at radius 1 is 1.61 bits per heavy atom. The molecule has 2 atom stereocenters. The van der Waals surface area contributed by atoms with Crippen molar-refractivity contribution in [2.75, 3.05) is 5.75 Å². The van der Waals surface area contributed by atoms with Gasteiger partial charge in [-0.05, 0) is 42.4 Å². The molecule has 0 saturated heterocycles. The minimum absolute atomic E-state index is 0.273. The molecule has 0 radical (unpaired) electrons. The Morgan fingerprint density at radius 3 is 3.17 bits per heavy atom. The summed E-state index contributed by atoms with van der Waals surface area (Å²) in [6.07, 6.45) is 2.64. The highest BCUT2D eigenvalue weighted by molar-refractivity contribution is 7.99. The van der Waals surface area contributed by atoms with Gasteiger partial charge in [0.25, 0.3) is 0 Å². The van der Waals surface area contributed by atoms with Crippen molar-refractivity contribution in [2.45, 2.75) is 43.2 Å². The average Bonchev–Trinajstić information content (AvgIpc) is 2.38. The summed E-state index contributed by atoms with van der Waals surface area (Å²) < 4.78 is 0. The smallest absolute Gasteiger partial charge is 0.0638 e. The third kappa shape index (κ3) is 3.20. The molecule has 1 aromatic carbocycles. The van der Waals surface area contributed by atoms with Crippen molar-refractivity contribution >= 4 is 23.4 Å². The van der Waals surface area contributed by atoms with Gasteiger partial charge in [0.2, 0.25) is 0 Å². The van der Waals surface area contributed by atoms with Crippen LogP contribution in [0.25, 0.3) is 0 Å². The van der Waals surface area contributed by atoms with Gasteiger partial charge in [-0.3, -0.25) is 0 Å². The number of benzene rings is 1. The van der Waals surface area contributed by atoms with Crippen molar-refractivity contribution in [1.29, 1.82) is 5.26 Å². The third-order valence-electron chi connectivity index (χ3n) is 3.28. The van der Waals surface area contributed by atoms with Crippen LogP contribution in [0, 0.1) is 11.3 Å². The molecule has 2 rings (SSSR count). The van der Waals surface area contributed by atoms with E-state index in [0.717, 1.165) is 23.6 Å². The van der Waals surface area contributed by atoms with E-state index in [1.54, 1.807) is 0 Å². The minimum atomic E-state index is 0.273. The zero-order chi connectivity index (χ0) is 13.0. The molecular formula is C14H17ClN2S. The molecule has 0 aliphatic carbocycles. The fourth-order valence-electron chi connectivity index (χ4n) is 2.25. The van der Waals surface area contributed by atoms with E-state index < -0.39 is 0 Å². The molecule has 1 heterocycles. The van der Waals surface area contributed by atoms with Crippen LogP contribution in [-0.2, 0) is 0 Å². The predicted octanol–water partition coefficient (Wildman–Crippen LogP) is 4.16. The topological polar surface area (TPSA) is 35.8 Å². The Bertz CT molecular complexity index is 456. The van der Waals surface area contributed by atoms with E-state index in [1.165, 1.54) is 10.5 Å². The lowest BCUT2D eigenvalue weighted by Gasteiger charge is -2.29. The molecule has 2 nitrogen and oxygen atoms in total. The summed E-state index contributed by atoms with van der Waals surface area (Å²) in [7, 11) is 0. The van der Waals surface area contributed by atoms with Gasteiger partial charge < -0.3 is 5.32 Å². The maximum atomic E-state index is 8.82. The van der Waals surface area contributed by atoms with Crippen molar-refractivity contribution in [3.05, 3.63) is 28.8 Å². The second-order valence-corrected chi connectivity index (χ2v) is 6.08. The van der Waals surface area contributed by atoms with Gasteiger partial charge in [-0.2, -0.15) is 5.26 Å². The van der Waals surface area contributed by atoms with Crippen molar-refractivity contribution in [2.24, 2.45) is 0 Å². The van der Waals surface area contributed by atoms with Crippen LogP contribution in [0.4, 0.5) is 0 Å². The SMILES string of the molecule is CCC(CC#N)NC1CCSc2ccc(Cl)cc21. The maximum absolute atomic E-state index is 8.82. The fraction of sp³-hybridized carbons (Fsp3) is 0.500. The van der Waals surface area contributed by atoms with Gasteiger partial charge in [0.05, 0.1) is 12.5 Å². The van der Waals surface area contributed by atoms with E-state index in [2.05, 4.69) is 30.4 Å². The van der Waals surface area contributed by atoms with Crippen molar-refractivity contribution in [3.8, 4) is 6.07 Å². The number of nitriles is 1. The zero-order valence-corrected chi connectivity index (χ0v) is 12.0. The first kappa shape index (κ1) is 13.7. The Labute approximate surface area is 118 Å². The van der Waals surface area contributed by atoms with Crippen LogP contribution in [0.15, 0.2) is 23.1 Å². The monoisotopic (exact) mass is 280 g/mol. The molecule has 0 bridgehead atoms. The molecule has 0 amide bonds. The number of rotatable bonds is 4. The molecular weight excluding hydrogens is 264 g/mol. The van der Waals surface area contributed by atoms with Gasteiger partial charge in [0, 0.05) is 22.0 Å². The Kier molecular flexibility index (Phi) is 4.94. The molecule has 1 aliphatic heterocycles. The molecule has 0 fully saturated rings. The molecule has 96 valence electrons. The van der Waals surface area contributed by atoms with Crippen LogP contribution in [0.3, 0.4) is 0 Å². The van der Waals surface area contributed by atoms with E-state index in [-0.39, 0.29) is 6.04 Å². The second-order valence-electron chi connectivity index (χ2n) is 4.51. The number of nitrogens with zero attached hydrogens (tertiary/aromatic N) is 1. The van der Waals surface area contributed by atoms with Crippen LogP contribution in [0.1, 0.15) is 37.8 Å². The molecule has 1 aromatic rings. The maximum Gasteiger partial charge on any atom is 0.0638 e. The number of nitrogens with one attached hydrogen (secondary N) is 1. The van der Waals surface area contributed by atoms with Crippen LogP contribution in [0.2, 0.25) is 5.02 Å². The summed E-state index contributed by atoms with van der Waals surface area (Å²) in [5, 5.41) is 13.2. The highest BCUT2D eigenvalue weighted by Gasteiger charge is 2.22. The average molecular weight is 281 g/mol. The summed E-state index contributed by atoms with van der Waals surface area (Å²) in [6.45, 7) is 2.12. The molecule has 2 unspecified atom stereocenters. The quantitative estimate of drug-likeness (QED) is 0.900. The third-order valence-corrected chi connectivity index (χ3v) is 4.64. The summed E-state index contributed by atoms with van der Waals surface area (Å²) in [5.41, 5.74) is 1.29. The van der Waals surface area contributed by atoms with E-state index in [1.807, 2.05) is 17.8 Å². The lowest BCUT2D eigenvalue weighted by atomic mass is 10.0. The lowest BCUT2D eigenvalue weighted by molar-refractivity contribution is 0.415. The summed E-state index contributed by atoms with van der Waals surface area (Å²) in [6, 6.07) is 8.96. The molecule has 1 aliphatic rings. The minimum Gasteiger partial charge on any atom is -0.306 e. The van der Waals surface area contributed by atoms with Gasteiger partial charge in [0.15, 0.2) is 0 Å². The van der Waals surface area contributed by atoms with Crippen molar-refractivity contribution in [3.63, 3.8) is 0 Å². The number of thioether (sulfide) groups is 1. The lowest BCUT2D eigenvalue weighted by Crippen LogP contribution is -2.33. The zero-order valence-electron chi connectivity index (χ0n) is 10.4. The number of hydrogen-bond donors (Lipinski definition) is 1. The van der Waals surface area contributed by atoms with Gasteiger partial charge in [-0.15, -0.1) is 11.8 Å². The molecule has 18 heavy (non-hydrogen) atoms. The Balaban J connectivity index is 2.16. The van der Waals surface area contributed by atoms with E-state index in [4.69, 9.17) is 16.9 Å². The molecule has 0 spiro atoms. The molecule has 0 aromatic heterocycles. The first-order chi connectivity index (χ1) is 8.74. The largest absolute Gasteiger partial charge is 0.306 e. The standard InChI is InChI=1S/C14H17ClN2S/c1-2-11(5-7-16)17-13-6-8-18-14-4-3-10(15)9-12(13)14/h3-4,9,11,13,17H,2,5-6,8H2,1H3. The second kappa shape index (κ2) is 6.47. The molecule has 0 saturated carbocycles. The number of halogens is 1. The van der Waals surface area contributed by atoms with Crippen LogP contribution >= 0.6 is 23.4 Å². The summed E-state index contributed by atoms with van der Waals surface area (Å²) in [4.78, 5) is 1.31. The molecule has 4 heteroatoms. The summed E-state index contributed by atoms with van der Waals surface area (Å²) in [5.74, 6) is 1.12. The van der Waals surface area contributed by atoms with Crippen LogP contribution in [0.5, 0.6) is 0 Å². The highest BCUT2D eigenvalue weighted by Crippen LogP contribution is 2.37. The van der Waals surface area contributed by atoms with Gasteiger partial charge in [-0.25, -0.2) is 0 Å². The number of fused-ring (bicyclic) bond motifs is 1. The van der Waals surface area contributed by atoms with Crippen LogP contribution < -0.4 is 5.32 Å². The Morgan fingerprint density at radius 2 is 2.44 bits per heavy atom. The van der Waals surface area contributed by atoms with Gasteiger partial charge >= 0.3 is 0 Å². The first-order valence-electron chi connectivity index (χ1n) is 6.29. The van der Waals surface area contributed by atoms with E-state index in [9.17, 15) is 0 Å². The van der Waals surface area contributed by atoms with Crippen LogP contribution in [-0.4, -0.2) is 11.8 Å². The van der Waals surface area contributed by atoms with Crippen molar-refractivity contribution < 1.29 is 0 Å². The highest BCUT2D eigenvalue weighted by atomic mass is 35.5. The fourth-order valence-corrected chi connectivity index (χ4v) is 3.54. The molecule has 1 N–H and O–H groups in total. The van der Waals surface area contributed by atoms with Gasteiger partial charge in [-0.1, -0.05) is 18.5 Å². The van der Waals surface area contributed by atoms with E-state index >= 15 is 0 Å². The first-order valence-corrected chi connectivity index (χ1v) is 7.66. The van der Waals surface area contributed by atoms with E-state index in [0.29, 0.717) is 12.5 Å². The number of hydrogen-bond acceptors (Lipinski definition) is 3. The predicted molar refractivity (Wildman–Crippen MR) is 77.0 cm³/mol. The Hall–Kier alpha value is -0.690. The normalized spacial score (nSPS) is 19.9.